The molecule has 0 aliphatic heterocycles. The van der Waals surface area contributed by atoms with Crippen LogP contribution in [0.5, 0.6) is 0 Å². The summed E-state index contributed by atoms with van der Waals surface area (Å²) < 4.78 is 14.9. The highest BCUT2D eigenvalue weighted by Gasteiger charge is 2.10. The Morgan fingerprint density at radius 1 is 1.20 bits per heavy atom. The first-order valence-corrected chi connectivity index (χ1v) is 7.33. The Morgan fingerprint density at radius 3 is 2.80 bits per heavy atom. The average molecular weight is 286 g/mol. The van der Waals surface area contributed by atoms with Gasteiger partial charge < -0.3 is 5.32 Å². The second kappa shape index (κ2) is 5.21. The molecule has 1 aromatic heterocycles. The van der Waals surface area contributed by atoms with Gasteiger partial charge in [-0.25, -0.2) is 9.37 Å². The van der Waals surface area contributed by atoms with E-state index in [4.69, 9.17) is 0 Å². The van der Waals surface area contributed by atoms with E-state index in [-0.39, 0.29) is 11.9 Å². The van der Waals surface area contributed by atoms with Crippen LogP contribution in [0.4, 0.5) is 10.1 Å². The van der Waals surface area contributed by atoms with Gasteiger partial charge in [-0.05, 0) is 38.1 Å². The fraction of sp³-hybridized carbons (Fsp3) is 0.188. The lowest BCUT2D eigenvalue weighted by Gasteiger charge is -2.16. The monoisotopic (exact) mass is 286 g/mol. The molecule has 0 saturated carbocycles. The van der Waals surface area contributed by atoms with Crippen molar-refractivity contribution in [1.29, 1.82) is 0 Å². The first-order valence-electron chi connectivity index (χ1n) is 6.51. The summed E-state index contributed by atoms with van der Waals surface area (Å²) in [6.07, 6.45) is 0. The summed E-state index contributed by atoms with van der Waals surface area (Å²) in [4.78, 5) is 4.44. The van der Waals surface area contributed by atoms with E-state index in [1.54, 1.807) is 17.4 Å². The molecule has 0 saturated heterocycles. The smallest absolute Gasteiger partial charge is 0.128 e. The van der Waals surface area contributed by atoms with Crippen molar-refractivity contribution in [2.45, 2.75) is 19.9 Å². The number of nitrogens with zero attached hydrogens (tertiary/aromatic N) is 1. The van der Waals surface area contributed by atoms with Crippen molar-refractivity contribution < 1.29 is 4.39 Å². The van der Waals surface area contributed by atoms with E-state index in [0.29, 0.717) is 5.56 Å². The topological polar surface area (TPSA) is 24.9 Å². The second-order valence-corrected chi connectivity index (χ2v) is 6.04. The van der Waals surface area contributed by atoms with Crippen molar-refractivity contribution in [3.63, 3.8) is 0 Å². The van der Waals surface area contributed by atoms with Crippen LogP contribution in [-0.4, -0.2) is 4.98 Å². The van der Waals surface area contributed by atoms with Gasteiger partial charge in [-0.2, -0.15) is 0 Å². The van der Waals surface area contributed by atoms with Gasteiger partial charge in [-0.15, -0.1) is 11.3 Å². The van der Waals surface area contributed by atoms with Gasteiger partial charge in [0.15, 0.2) is 0 Å². The Morgan fingerprint density at radius 2 is 2.00 bits per heavy atom. The van der Waals surface area contributed by atoms with Crippen molar-refractivity contribution in [3.05, 3.63) is 58.9 Å². The van der Waals surface area contributed by atoms with E-state index in [1.165, 1.54) is 6.07 Å². The molecule has 102 valence electrons. The van der Waals surface area contributed by atoms with Gasteiger partial charge in [0.1, 0.15) is 5.82 Å². The third-order valence-corrected chi connectivity index (χ3v) is 4.18. The summed E-state index contributed by atoms with van der Waals surface area (Å²) in [7, 11) is 0. The predicted octanol–water partition coefficient (Wildman–Crippen LogP) is 4.92. The molecule has 1 heterocycles. The number of anilines is 1. The molecule has 0 bridgehead atoms. The van der Waals surface area contributed by atoms with Crippen LogP contribution < -0.4 is 5.32 Å². The molecular weight excluding hydrogens is 271 g/mol. The van der Waals surface area contributed by atoms with Crippen molar-refractivity contribution in [2.24, 2.45) is 0 Å². The summed E-state index contributed by atoms with van der Waals surface area (Å²) in [5, 5.41) is 4.39. The van der Waals surface area contributed by atoms with Gasteiger partial charge in [0.2, 0.25) is 0 Å². The van der Waals surface area contributed by atoms with Crippen LogP contribution in [0.2, 0.25) is 0 Å². The maximum absolute atomic E-state index is 13.8. The number of hydrogen-bond donors (Lipinski definition) is 1. The largest absolute Gasteiger partial charge is 0.378 e. The van der Waals surface area contributed by atoms with Crippen LogP contribution >= 0.6 is 11.3 Å². The molecule has 20 heavy (non-hydrogen) atoms. The molecular formula is C16H15FN2S. The number of aryl methyl sites for hydroxylation is 1. The standard InChI is InChI=1S/C16H15FN2S/c1-10(13-5-3-4-6-14(13)17)18-12-7-8-15-16(9-12)20-11(2)19-15/h3-10,18H,1-2H3. The third kappa shape index (κ3) is 2.51. The first kappa shape index (κ1) is 13.1. The van der Waals surface area contributed by atoms with Crippen molar-refractivity contribution in [3.8, 4) is 0 Å². The van der Waals surface area contributed by atoms with Crippen molar-refractivity contribution in [2.75, 3.05) is 5.32 Å². The van der Waals surface area contributed by atoms with Gasteiger partial charge in [0, 0.05) is 11.3 Å². The fourth-order valence-electron chi connectivity index (χ4n) is 2.28. The second-order valence-electron chi connectivity index (χ2n) is 4.80. The molecule has 0 aliphatic carbocycles. The highest BCUT2D eigenvalue weighted by molar-refractivity contribution is 7.18. The molecule has 2 aromatic carbocycles. The number of halogens is 1. The minimum absolute atomic E-state index is 0.0809. The van der Waals surface area contributed by atoms with E-state index in [2.05, 4.69) is 16.4 Å². The predicted molar refractivity (Wildman–Crippen MR) is 82.8 cm³/mol. The van der Waals surface area contributed by atoms with Crippen LogP contribution in [0, 0.1) is 12.7 Å². The zero-order valence-corrected chi connectivity index (χ0v) is 12.2. The van der Waals surface area contributed by atoms with Crippen LogP contribution in [0.1, 0.15) is 23.5 Å². The molecule has 4 heteroatoms. The summed E-state index contributed by atoms with van der Waals surface area (Å²) in [6, 6.07) is 12.8. The van der Waals surface area contributed by atoms with Crippen LogP contribution in [0.25, 0.3) is 10.2 Å². The highest BCUT2D eigenvalue weighted by Crippen LogP contribution is 2.27. The van der Waals surface area contributed by atoms with Gasteiger partial charge >= 0.3 is 0 Å². The Balaban J connectivity index is 1.87. The molecule has 1 N–H and O–H groups in total. The van der Waals surface area contributed by atoms with Crippen LogP contribution in [-0.2, 0) is 0 Å². The van der Waals surface area contributed by atoms with Crippen LogP contribution in [0.15, 0.2) is 42.5 Å². The van der Waals surface area contributed by atoms with E-state index in [9.17, 15) is 4.39 Å². The number of hydrogen-bond acceptors (Lipinski definition) is 3. The fourth-order valence-corrected chi connectivity index (χ4v) is 3.15. The SMILES string of the molecule is Cc1nc2ccc(NC(C)c3ccccc3F)cc2s1. The van der Waals surface area contributed by atoms with Gasteiger partial charge in [0.05, 0.1) is 21.3 Å². The molecule has 2 nitrogen and oxygen atoms in total. The molecule has 1 unspecified atom stereocenters. The lowest BCUT2D eigenvalue weighted by molar-refractivity contribution is 0.600. The number of fused-ring (bicyclic) bond motifs is 1. The lowest BCUT2D eigenvalue weighted by atomic mass is 10.1. The lowest BCUT2D eigenvalue weighted by Crippen LogP contribution is -2.08. The Labute approximate surface area is 121 Å². The number of rotatable bonds is 3. The normalized spacial score (nSPS) is 12.6. The molecule has 0 amide bonds. The Kier molecular flexibility index (Phi) is 3.40. The molecule has 0 fully saturated rings. The minimum Gasteiger partial charge on any atom is -0.378 e. The molecule has 0 spiro atoms. The Bertz CT molecular complexity index is 751. The molecule has 3 rings (SSSR count). The first-order chi connectivity index (χ1) is 9.63. The minimum atomic E-state index is -0.179. The van der Waals surface area contributed by atoms with Gasteiger partial charge in [0.25, 0.3) is 0 Å². The molecule has 0 aliphatic rings. The molecule has 1 atom stereocenters. The zero-order valence-electron chi connectivity index (χ0n) is 11.4. The van der Waals surface area contributed by atoms with Crippen molar-refractivity contribution >= 4 is 27.2 Å². The number of aromatic nitrogens is 1. The van der Waals surface area contributed by atoms with Gasteiger partial charge in [-0.3, -0.25) is 0 Å². The van der Waals surface area contributed by atoms with E-state index < -0.39 is 0 Å². The van der Waals surface area contributed by atoms with E-state index >= 15 is 0 Å². The summed E-state index contributed by atoms with van der Waals surface area (Å²) in [6.45, 7) is 3.96. The maximum atomic E-state index is 13.8. The number of nitrogens with one attached hydrogen (secondary N) is 1. The van der Waals surface area contributed by atoms with Crippen molar-refractivity contribution in [1.82, 2.24) is 4.98 Å². The number of thiazole rings is 1. The quantitative estimate of drug-likeness (QED) is 0.739. The zero-order chi connectivity index (χ0) is 14.1. The third-order valence-electron chi connectivity index (χ3n) is 3.25. The maximum Gasteiger partial charge on any atom is 0.128 e. The van der Waals surface area contributed by atoms with E-state index in [1.807, 2.05) is 38.1 Å². The highest BCUT2D eigenvalue weighted by atomic mass is 32.1. The van der Waals surface area contributed by atoms with E-state index in [0.717, 1.165) is 20.9 Å². The molecule has 0 radical (unpaired) electrons. The average Bonchev–Trinajstić information content (AvgIpc) is 2.78. The molecule has 3 aromatic rings. The summed E-state index contributed by atoms with van der Waals surface area (Å²) in [5.74, 6) is -0.179. The summed E-state index contributed by atoms with van der Waals surface area (Å²) in [5.41, 5.74) is 2.67. The Hall–Kier alpha value is -1.94. The number of benzene rings is 2. The summed E-state index contributed by atoms with van der Waals surface area (Å²) >= 11 is 1.67. The van der Waals surface area contributed by atoms with Crippen LogP contribution in [0.3, 0.4) is 0 Å². The van der Waals surface area contributed by atoms with Gasteiger partial charge in [-0.1, -0.05) is 18.2 Å².